The van der Waals surface area contributed by atoms with Crippen LogP contribution >= 0.6 is 22.9 Å². The van der Waals surface area contributed by atoms with E-state index in [1.54, 1.807) is 0 Å². The number of hydrogen-bond donors (Lipinski definition) is 4. The molecule has 5 N–H and O–H groups in total. The molecule has 0 unspecified atom stereocenters. The molecule has 0 aromatic carbocycles. The fourth-order valence-electron chi connectivity index (χ4n) is 2.92. The van der Waals surface area contributed by atoms with Crippen LogP contribution < -0.4 is 15.8 Å². The first kappa shape index (κ1) is 21.1. The summed E-state index contributed by atoms with van der Waals surface area (Å²) in [7, 11) is 0. The van der Waals surface area contributed by atoms with E-state index in [4.69, 9.17) is 32.3 Å². The van der Waals surface area contributed by atoms with E-state index in [0.29, 0.717) is 52.0 Å². The Balaban J connectivity index is 1.78. The van der Waals surface area contributed by atoms with Crippen LogP contribution in [0, 0.1) is 6.92 Å². The van der Waals surface area contributed by atoms with Crippen molar-refractivity contribution in [3.05, 3.63) is 15.5 Å². The van der Waals surface area contributed by atoms with Gasteiger partial charge in [0.05, 0.1) is 18.9 Å². The van der Waals surface area contributed by atoms with Gasteiger partial charge in [-0.2, -0.15) is 0 Å². The number of nitrogens with zero attached hydrogens (tertiary/aromatic N) is 2. The first-order valence-electron chi connectivity index (χ1n) is 9.22. The molecule has 0 bridgehead atoms. The molecule has 2 heterocycles. The van der Waals surface area contributed by atoms with Crippen molar-refractivity contribution in [3.8, 4) is 5.88 Å². The second-order valence-electron chi connectivity index (χ2n) is 6.77. The number of amides is 1. The van der Waals surface area contributed by atoms with Crippen molar-refractivity contribution in [2.24, 2.45) is 0 Å². The number of halogens is 1. The minimum atomic E-state index is -0.176. The van der Waals surface area contributed by atoms with Crippen molar-refractivity contribution in [1.82, 2.24) is 15.2 Å². The van der Waals surface area contributed by atoms with E-state index in [1.807, 2.05) is 11.8 Å². The second kappa shape index (κ2) is 9.23. The van der Waals surface area contributed by atoms with Crippen molar-refractivity contribution in [2.75, 3.05) is 45.2 Å². The summed E-state index contributed by atoms with van der Waals surface area (Å²) < 4.78 is 5.75. The molecule has 0 radical (unpaired) electrons. The predicted molar refractivity (Wildman–Crippen MR) is 110 cm³/mol. The zero-order chi connectivity index (χ0) is 20.3. The number of aromatic nitrogens is 1. The first-order chi connectivity index (χ1) is 13.5. The molecule has 0 atom stereocenters. The zero-order valence-electron chi connectivity index (χ0n) is 15.7. The van der Waals surface area contributed by atoms with Crippen LogP contribution in [-0.2, 0) is 0 Å². The Labute approximate surface area is 172 Å². The molecule has 3 rings (SSSR count). The molecule has 1 amide bonds. The van der Waals surface area contributed by atoms with Crippen LogP contribution in [0.15, 0.2) is 0 Å². The van der Waals surface area contributed by atoms with Gasteiger partial charge in [0, 0.05) is 31.1 Å². The van der Waals surface area contributed by atoms with E-state index < -0.39 is 0 Å². The largest absolute Gasteiger partial charge is 0.475 e. The maximum absolute atomic E-state index is 12.4. The normalized spacial score (nSPS) is 14.0. The lowest BCUT2D eigenvalue weighted by Gasteiger charge is -2.20. The van der Waals surface area contributed by atoms with E-state index in [-0.39, 0.29) is 31.0 Å². The molecule has 0 aliphatic heterocycles. The highest BCUT2D eigenvalue weighted by molar-refractivity contribution is 7.21. The van der Waals surface area contributed by atoms with Crippen LogP contribution in [0.5, 0.6) is 5.88 Å². The fourth-order valence-corrected chi connectivity index (χ4v) is 4.16. The average molecular weight is 429 g/mol. The number of nitrogen functional groups attached to an aromatic ring is 1. The molecule has 1 aliphatic rings. The quantitative estimate of drug-likeness (QED) is 0.451. The first-order valence-corrected chi connectivity index (χ1v) is 10.4. The number of nitrogens with two attached hydrogens (primary N) is 1. The number of aliphatic hydroxyl groups excluding tert-OH is 2. The third kappa shape index (κ3) is 4.66. The minimum Gasteiger partial charge on any atom is -0.475 e. The number of aliphatic hydroxyl groups is 2. The molecule has 1 aliphatic carbocycles. The molecule has 10 heteroatoms. The number of thiophene rings is 1. The lowest BCUT2D eigenvalue weighted by atomic mass is 10.1. The Kier molecular flexibility index (Phi) is 6.95. The van der Waals surface area contributed by atoms with Crippen molar-refractivity contribution in [3.63, 3.8) is 0 Å². The maximum atomic E-state index is 12.4. The maximum Gasteiger partial charge on any atom is 0.263 e. The molecular weight excluding hydrogens is 404 g/mol. The standard InChI is InChI=1S/C18H25ClN4O4S/c1-10-12-14(20)15(16(26)21-11-2-3-11)28-18(12)22-17(13(10)19)27-9-6-23(4-7-24)5-8-25/h11,24-25H,2-9,20H2,1H3,(H,21,26). The van der Waals surface area contributed by atoms with E-state index >= 15 is 0 Å². The number of nitrogens with one attached hydrogen (secondary N) is 1. The number of hydrogen-bond acceptors (Lipinski definition) is 8. The summed E-state index contributed by atoms with van der Waals surface area (Å²) in [6.45, 7) is 3.54. The van der Waals surface area contributed by atoms with Crippen LogP contribution in [0.3, 0.4) is 0 Å². The smallest absolute Gasteiger partial charge is 0.263 e. The highest BCUT2D eigenvalue weighted by atomic mass is 35.5. The summed E-state index contributed by atoms with van der Waals surface area (Å²) >= 11 is 7.66. The lowest BCUT2D eigenvalue weighted by Crippen LogP contribution is -2.33. The van der Waals surface area contributed by atoms with Crippen molar-refractivity contribution in [1.29, 1.82) is 0 Å². The van der Waals surface area contributed by atoms with E-state index in [0.717, 1.165) is 18.4 Å². The van der Waals surface area contributed by atoms with Gasteiger partial charge in [-0.1, -0.05) is 11.6 Å². The number of rotatable bonds is 10. The van der Waals surface area contributed by atoms with Gasteiger partial charge in [-0.05, 0) is 25.3 Å². The van der Waals surface area contributed by atoms with Crippen molar-refractivity contribution < 1.29 is 19.7 Å². The number of fused-ring (bicyclic) bond motifs is 1. The molecule has 8 nitrogen and oxygen atoms in total. The van der Waals surface area contributed by atoms with Gasteiger partial charge in [0.25, 0.3) is 5.91 Å². The summed E-state index contributed by atoms with van der Waals surface area (Å²) in [5, 5.41) is 22.1. The fraction of sp³-hybridized carbons (Fsp3) is 0.556. The minimum absolute atomic E-state index is 0.00421. The van der Waals surface area contributed by atoms with Gasteiger partial charge in [0.15, 0.2) is 0 Å². The van der Waals surface area contributed by atoms with E-state index in [1.165, 1.54) is 11.3 Å². The van der Waals surface area contributed by atoms with Gasteiger partial charge in [-0.25, -0.2) is 4.98 Å². The van der Waals surface area contributed by atoms with Gasteiger partial charge in [-0.15, -0.1) is 11.3 Å². The van der Waals surface area contributed by atoms with Gasteiger partial charge >= 0.3 is 0 Å². The Morgan fingerprint density at radius 2 is 2.04 bits per heavy atom. The van der Waals surface area contributed by atoms with Crippen LogP contribution in [0.4, 0.5) is 5.69 Å². The van der Waals surface area contributed by atoms with Crippen LogP contribution in [-0.4, -0.2) is 71.5 Å². The Morgan fingerprint density at radius 1 is 1.36 bits per heavy atom. The number of carbonyl (C=O) groups excluding carboxylic acids is 1. The number of aryl methyl sites for hydroxylation is 1. The number of carbonyl (C=O) groups is 1. The Morgan fingerprint density at radius 3 is 2.64 bits per heavy atom. The predicted octanol–water partition coefficient (Wildman–Crippen LogP) is 1.40. The monoisotopic (exact) mass is 428 g/mol. The third-order valence-corrected chi connectivity index (χ3v) is 6.16. The van der Waals surface area contributed by atoms with E-state index in [2.05, 4.69) is 10.3 Å². The summed E-state index contributed by atoms with van der Waals surface area (Å²) in [4.78, 5) is 19.8. The van der Waals surface area contributed by atoms with Gasteiger partial charge < -0.3 is 26.0 Å². The summed E-state index contributed by atoms with van der Waals surface area (Å²) in [5.74, 6) is 0.111. The molecule has 154 valence electrons. The summed E-state index contributed by atoms with van der Waals surface area (Å²) in [6.07, 6.45) is 2.00. The Bertz CT molecular complexity index is 850. The Hall–Kier alpha value is -1.65. The topological polar surface area (TPSA) is 121 Å². The van der Waals surface area contributed by atoms with Gasteiger partial charge in [0.1, 0.15) is 21.3 Å². The average Bonchev–Trinajstić information content (AvgIpc) is 3.41. The SMILES string of the molecule is Cc1c(Cl)c(OCCN(CCO)CCO)nc2sc(C(=O)NC3CC3)c(N)c12. The van der Waals surface area contributed by atoms with Gasteiger partial charge in [-0.3, -0.25) is 9.69 Å². The molecule has 2 aromatic rings. The van der Waals surface area contributed by atoms with Crippen molar-refractivity contribution >= 4 is 44.7 Å². The molecule has 28 heavy (non-hydrogen) atoms. The summed E-state index contributed by atoms with van der Waals surface area (Å²) in [5.41, 5.74) is 7.34. The molecule has 0 spiro atoms. The van der Waals surface area contributed by atoms with Gasteiger partial charge in [0.2, 0.25) is 5.88 Å². The number of pyridine rings is 1. The molecular formula is C18H25ClN4O4S. The highest BCUT2D eigenvalue weighted by Gasteiger charge is 2.27. The zero-order valence-corrected chi connectivity index (χ0v) is 17.3. The number of ether oxygens (including phenoxy) is 1. The second-order valence-corrected chi connectivity index (χ2v) is 8.14. The van der Waals surface area contributed by atoms with E-state index in [9.17, 15) is 4.79 Å². The highest BCUT2D eigenvalue weighted by Crippen LogP contribution is 2.40. The molecule has 0 saturated heterocycles. The summed E-state index contributed by atoms with van der Waals surface area (Å²) in [6, 6.07) is 0.245. The lowest BCUT2D eigenvalue weighted by molar-refractivity contribution is 0.0956. The van der Waals surface area contributed by atoms with Crippen LogP contribution in [0.25, 0.3) is 10.2 Å². The molecule has 1 saturated carbocycles. The molecule has 1 fully saturated rings. The number of anilines is 1. The van der Waals surface area contributed by atoms with Crippen molar-refractivity contribution in [2.45, 2.75) is 25.8 Å². The molecule has 2 aromatic heterocycles. The van der Waals surface area contributed by atoms with Crippen LogP contribution in [0.1, 0.15) is 28.1 Å². The third-order valence-electron chi connectivity index (χ3n) is 4.62. The van der Waals surface area contributed by atoms with Crippen LogP contribution in [0.2, 0.25) is 5.02 Å².